The molecule has 0 saturated carbocycles. The number of thiazole rings is 1. The van der Waals surface area contributed by atoms with Crippen molar-refractivity contribution in [3.63, 3.8) is 0 Å². The van der Waals surface area contributed by atoms with Crippen LogP contribution < -0.4 is 4.72 Å². The van der Waals surface area contributed by atoms with Crippen LogP contribution in [0, 0.1) is 0 Å². The van der Waals surface area contributed by atoms with Crippen LogP contribution in [0.1, 0.15) is 5.01 Å². The molecule has 2 aromatic rings. The number of nitrogens with one attached hydrogen (secondary N) is 1. The molecule has 0 aliphatic heterocycles. The third kappa shape index (κ3) is 3.00. The molecule has 1 N–H and O–H groups in total. The molecule has 0 atom stereocenters. The highest BCUT2D eigenvalue weighted by Gasteiger charge is 2.06. The first-order chi connectivity index (χ1) is 7.44. The van der Waals surface area contributed by atoms with Gasteiger partial charge in [0.15, 0.2) is 0 Å². The van der Waals surface area contributed by atoms with Gasteiger partial charge in [0.2, 0.25) is 10.0 Å². The molecule has 1 heterocycles. The van der Waals surface area contributed by atoms with Crippen molar-refractivity contribution in [2.24, 2.45) is 0 Å². The van der Waals surface area contributed by atoms with E-state index >= 15 is 0 Å². The van der Waals surface area contributed by atoms with E-state index in [1.54, 1.807) is 0 Å². The maximum atomic E-state index is 10.9. The van der Waals surface area contributed by atoms with E-state index in [1.165, 1.54) is 11.3 Å². The van der Waals surface area contributed by atoms with Gasteiger partial charge in [0.25, 0.3) is 0 Å². The summed E-state index contributed by atoms with van der Waals surface area (Å²) in [6, 6.07) is 5.81. The number of nitrogens with zero attached hydrogens (tertiary/aromatic N) is 1. The monoisotopic (exact) mass is 320 g/mol. The highest BCUT2D eigenvalue weighted by Crippen LogP contribution is 2.25. The predicted molar refractivity (Wildman–Crippen MR) is 69.0 cm³/mol. The molecule has 1 aromatic heterocycles. The van der Waals surface area contributed by atoms with Crippen LogP contribution in [0.2, 0.25) is 0 Å². The van der Waals surface area contributed by atoms with Gasteiger partial charge in [-0.2, -0.15) is 0 Å². The van der Waals surface area contributed by atoms with E-state index in [-0.39, 0.29) is 6.54 Å². The van der Waals surface area contributed by atoms with Crippen LogP contribution in [0.4, 0.5) is 0 Å². The molecule has 0 unspecified atom stereocenters. The van der Waals surface area contributed by atoms with E-state index in [9.17, 15) is 8.42 Å². The lowest BCUT2D eigenvalue weighted by Crippen LogP contribution is -2.20. The Bertz CT molecular complexity index is 621. The van der Waals surface area contributed by atoms with Gasteiger partial charge in [0.1, 0.15) is 5.01 Å². The van der Waals surface area contributed by atoms with Crippen molar-refractivity contribution in [1.29, 1.82) is 0 Å². The zero-order chi connectivity index (χ0) is 11.8. The Labute approximate surface area is 106 Å². The summed E-state index contributed by atoms with van der Waals surface area (Å²) in [5.74, 6) is 0. The summed E-state index contributed by atoms with van der Waals surface area (Å²) in [6.07, 6.45) is 1.14. The highest BCUT2D eigenvalue weighted by atomic mass is 79.9. The zero-order valence-electron chi connectivity index (χ0n) is 8.40. The molecule has 0 aliphatic carbocycles. The second kappa shape index (κ2) is 4.40. The topological polar surface area (TPSA) is 59.1 Å². The summed E-state index contributed by atoms with van der Waals surface area (Å²) < 4.78 is 26.3. The summed E-state index contributed by atoms with van der Waals surface area (Å²) in [5.41, 5.74) is 0.879. The molecular weight excluding hydrogens is 312 g/mol. The van der Waals surface area contributed by atoms with Crippen LogP contribution in [0.15, 0.2) is 22.7 Å². The number of fused-ring (bicyclic) bond motifs is 1. The molecule has 0 amide bonds. The first-order valence-corrected chi connectivity index (χ1v) is 7.94. The number of hydrogen-bond acceptors (Lipinski definition) is 4. The average Bonchev–Trinajstić information content (AvgIpc) is 2.55. The summed E-state index contributed by atoms with van der Waals surface area (Å²) >= 11 is 4.85. The van der Waals surface area contributed by atoms with Gasteiger partial charge in [-0.05, 0) is 18.2 Å². The summed E-state index contributed by atoms with van der Waals surface area (Å²) in [5, 5.41) is 0.763. The van der Waals surface area contributed by atoms with Crippen molar-refractivity contribution >= 4 is 47.5 Å². The fraction of sp³-hybridized carbons (Fsp3) is 0.222. The lowest BCUT2D eigenvalue weighted by atomic mass is 10.3. The van der Waals surface area contributed by atoms with Crippen molar-refractivity contribution < 1.29 is 8.42 Å². The Morgan fingerprint density at radius 2 is 2.25 bits per heavy atom. The van der Waals surface area contributed by atoms with Gasteiger partial charge < -0.3 is 0 Å². The van der Waals surface area contributed by atoms with Gasteiger partial charge in [-0.15, -0.1) is 11.3 Å². The molecule has 0 fully saturated rings. The molecule has 86 valence electrons. The van der Waals surface area contributed by atoms with E-state index in [0.29, 0.717) is 0 Å². The maximum Gasteiger partial charge on any atom is 0.209 e. The standard InChI is InChI=1S/C9H9BrN2O2S2/c1-16(13,14)11-5-9-12-7-4-6(10)2-3-8(7)15-9/h2-4,11H,5H2,1H3. The van der Waals surface area contributed by atoms with E-state index in [1.807, 2.05) is 18.2 Å². The molecule has 0 radical (unpaired) electrons. The van der Waals surface area contributed by atoms with E-state index < -0.39 is 10.0 Å². The smallest absolute Gasteiger partial charge is 0.209 e. The number of rotatable bonds is 3. The zero-order valence-corrected chi connectivity index (χ0v) is 11.6. The Hall–Kier alpha value is -0.500. The first-order valence-electron chi connectivity index (χ1n) is 4.44. The molecule has 16 heavy (non-hydrogen) atoms. The Morgan fingerprint density at radius 1 is 1.50 bits per heavy atom. The third-order valence-corrected chi connectivity index (χ3v) is 4.08. The summed E-state index contributed by atoms with van der Waals surface area (Å²) in [4.78, 5) is 4.34. The highest BCUT2D eigenvalue weighted by molar-refractivity contribution is 9.10. The molecule has 1 aromatic carbocycles. The first kappa shape index (κ1) is 12.0. The van der Waals surface area contributed by atoms with Crippen molar-refractivity contribution in [1.82, 2.24) is 9.71 Å². The molecule has 0 spiro atoms. The summed E-state index contributed by atoms with van der Waals surface area (Å²) in [6.45, 7) is 0.246. The number of benzene rings is 1. The third-order valence-electron chi connectivity index (χ3n) is 1.88. The minimum atomic E-state index is -3.16. The quantitative estimate of drug-likeness (QED) is 0.942. The fourth-order valence-electron chi connectivity index (χ4n) is 1.22. The SMILES string of the molecule is CS(=O)(=O)NCc1nc2cc(Br)ccc2s1. The van der Waals surface area contributed by atoms with E-state index in [0.717, 1.165) is 26.0 Å². The molecular formula is C9H9BrN2O2S2. The minimum Gasteiger partial charge on any atom is -0.240 e. The maximum absolute atomic E-state index is 10.9. The van der Waals surface area contributed by atoms with E-state index in [4.69, 9.17) is 0 Å². The lowest BCUT2D eigenvalue weighted by Gasteiger charge is -1.96. The normalized spacial score (nSPS) is 12.1. The van der Waals surface area contributed by atoms with Crippen molar-refractivity contribution in [3.05, 3.63) is 27.7 Å². The lowest BCUT2D eigenvalue weighted by molar-refractivity contribution is 0.587. The van der Waals surface area contributed by atoms with Gasteiger partial charge in [0, 0.05) is 4.47 Å². The molecule has 0 bridgehead atoms. The Balaban J connectivity index is 2.26. The Kier molecular flexibility index (Phi) is 3.29. The van der Waals surface area contributed by atoms with Gasteiger partial charge >= 0.3 is 0 Å². The molecule has 4 nitrogen and oxygen atoms in total. The van der Waals surface area contributed by atoms with Crippen LogP contribution in [0.5, 0.6) is 0 Å². The van der Waals surface area contributed by atoms with Crippen molar-refractivity contribution in [2.45, 2.75) is 6.54 Å². The average molecular weight is 321 g/mol. The number of halogens is 1. The predicted octanol–water partition coefficient (Wildman–Crippen LogP) is 2.11. The van der Waals surface area contributed by atoms with Gasteiger partial charge in [-0.25, -0.2) is 18.1 Å². The van der Waals surface area contributed by atoms with E-state index in [2.05, 4.69) is 25.6 Å². The van der Waals surface area contributed by atoms with Gasteiger partial charge in [0.05, 0.1) is 23.0 Å². The van der Waals surface area contributed by atoms with Crippen molar-refractivity contribution in [3.8, 4) is 0 Å². The molecule has 2 rings (SSSR count). The molecule has 0 saturated heterocycles. The number of sulfonamides is 1. The number of hydrogen-bond donors (Lipinski definition) is 1. The second-order valence-corrected chi connectivity index (χ2v) is 7.18. The van der Waals surface area contributed by atoms with Crippen LogP contribution >= 0.6 is 27.3 Å². The van der Waals surface area contributed by atoms with Gasteiger partial charge in [-0.1, -0.05) is 15.9 Å². The molecule has 0 aliphatic rings. The number of aromatic nitrogens is 1. The molecule has 7 heteroatoms. The van der Waals surface area contributed by atoms with Gasteiger partial charge in [-0.3, -0.25) is 0 Å². The van der Waals surface area contributed by atoms with Crippen LogP contribution in [-0.4, -0.2) is 19.7 Å². The van der Waals surface area contributed by atoms with Crippen LogP contribution in [0.3, 0.4) is 0 Å². The summed E-state index contributed by atoms with van der Waals surface area (Å²) in [7, 11) is -3.16. The van der Waals surface area contributed by atoms with Crippen molar-refractivity contribution in [2.75, 3.05) is 6.26 Å². The Morgan fingerprint density at radius 3 is 2.94 bits per heavy atom. The van der Waals surface area contributed by atoms with Crippen LogP contribution in [0.25, 0.3) is 10.2 Å². The minimum absolute atomic E-state index is 0.246. The van der Waals surface area contributed by atoms with Crippen LogP contribution in [-0.2, 0) is 16.6 Å². The fourth-order valence-corrected chi connectivity index (χ4v) is 2.94. The largest absolute Gasteiger partial charge is 0.240 e. The second-order valence-electron chi connectivity index (χ2n) is 3.31.